The van der Waals surface area contributed by atoms with Gasteiger partial charge in [0, 0.05) is 18.7 Å². The number of ether oxygens (including phenoxy) is 2. The minimum Gasteiger partial charge on any atom is -0.490 e. The third-order valence-corrected chi connectivity index (χ3v) is 5.29. The quantitative estimate of drug-likeness (QED) is 0.517. The molecule has 0 saturated carbocycles. The highest BCUT2D eigenvalue weighted by Gasteiger charge is 2.20. The Hall–Kier alpha value is -2.65. The van der Waals surface area contributed by atoms with E-state index in [2.05, 4.69) is 4.72 Å². The number of nitro benzene ring substituents is 1. The van der Waals surface area contributed by atoms with Crippen molar-refractivity contribution in [2.45, 2.75) is 32.2 Å². The zero-order valence-corrected chi connectivity index (χ0v) is 16.2. The second-order valence-corrected chi connectivity index (χ2v) is 7.41. The lowest BCUT2D eigenvalue weighted by atomic mass is 10.2. The maximum atomic E-state index is 12.6. The van der Waals surface area contributed by atoms with Crippen molar-refractivity contribution in [3.63, 3.8) is 0 Å². The monoisotopic (exact) mass is 394 g/mol. The molecule has 146 valence electrons. The zero-order chi connectivity index (χ0) is 20.0. The number of hydrogen-bond donors (Lipinski definition) is 1. The third-order valence-electron chi connectivity index (χ3n) is 3.75. The van der Waals surface area contributed by atoms with Crippen molar-refractivity contribution in [1.82, 2.24) is 4.72 Å². The summed E-state index contributed by atoms with van der Waals surface area (Å²) in [6.45, 7) is 6.23. The molecule has 0 aromatic heterocycles. The number of hydrogen-bond acceptors (Lipinski definition) is 6. The number of nitrogens with one attached hydrogen (secondary N) is 1. The Labute approximate surface area is 158 Å². The minimum absolute atomic E-state index is 0.0109. The molecule has 0 aliphatic heterocycles. The molecule has 27 heavy (non-hydrogen) atoms. The summed E-state index contributed by atoms with van der Waals surface area (Å²) < 4.78 is 38.7. The van der Waals surface area contributed by atoms with Crippen molar-refractivity contribution in [1.29, 1.82) is 0 Å². The molecule has 9 heteroatoms. The van der Waals surface area contributed by atoms with E-state index in [4.69, 9.17) is 9.47 Å². The fraction of sp³-hybridized carbons (Fsp3) is 0.333. The first-order valence-corrected chi connectivity index (χ1v) is 9.90. The normalized spacial score (nSPS) is 11.2. The van der Waals surface area contributed by atoms with Crippen LogP contribution in [-0.2, 0) is 16.6 Å². The number of non-ortho nitro benzene ring substituents is 1. The van der Waals surface area contributed by atoms with E-state index >= 15 is 0 Å². The topological polar surface area (TPSA) is 108 Å². The standard InChI is InChI=1S/C18H22N2O6S/c1-4-25-16-9-7-14(10-17(16)26-5-2)12-19-27(23,24)18-11-15(20(21)22)8-6-13(18)3/h6-11,19H,4-5,12H2,1-3H3. The van der Waals surface area contributed by atoms with E-state index in [1.54, 1.807) is 25.1 Å². The van der Waals surface area contributed by atoms with Gasteiger partial charge in [-0.1, -0.05) is 12.1 Å². The van der Waals surface area contributed by atoms with Crippen molar-refractivity contribution >= 4 is 15.7 Å². The molecular formula is C18H22N2O6S. The predicted molar refractivity (Wildman–Crippen MR) is 101 cm³/mol. The van der Waals surface area contributed by atoms with Gasteiger partial charge in [-0.15, -0.1) is 0 Å². The predicted octanol–water partition coefficient (Wildman–Crippen LogP) is 3.18. The Morgan fingerprint density at radius 3 is 2.33 bits per heavy atom. The summed E-state index contributed by atoms with van der Waals surface area (Å²) >= 11 is 0. The zero-order valence-electron chi connectivity index (χ0n) is 15.4. The van der Waals surface area contributed by atoms with Gasteiger partial charge in [-0.05, 0) is 44.0 Å². The van der Waals surface area contributed by atoms with Crippen LogP contribution >= 0.6 is 0 Å². The van der Waals surface area contributed by atoms with Crippen LogP contribution in [0.5, 0.6) is 11.5 Å². The van der Waals surface area contributed by atoms with Gasteiger partial charge in [-0.25, -0.2) is 13.1 Å². The summed E-state index contributed by atoms with van der Waals surface area (Å²) in [7, 11) is -3.92. The molecule has 0 bridgehead atoms. The fourth-order valence-corrected chi connectivity index (χ4v) is 3.73. The highest BCUT2D eigenvalue weighted by molar-refractivity contribution is 7.89. The summed E-state index contributed by atoms with van der Waals surface area (Å²) in [5.41, 5.74) is 0.823. The Morgan fingerprint density at radius 2 is 1.70 bits per heavy atom. The van der Waals surface area contributed by atoms with Crippen molar-refractivity contribution < 1.29 is 22.8 Å². The molecule has 0 radical (unpaired) electrons. The maximum absolute atomic E-state index is 12.6. The number of rotatable bonds is 9. The second kappa shape index (κ2) is 8.83. The van der Waals surface area contributed by atoms with E-state index in [-0.39, 0.29) is 17.1 Å². The third kappa shape index (κ3) is 5.18. The lowest BCUT2D eigenvalue weighted by molar-refractivity contribution is -0.385. The number of sulfonamides is 1. The summed E-state index contributed by atoms with van der Waals surface area (Å²) in [4.78, 5) is 10.2. The van der Waals surface area contributed by atoms with Gasteiger partial charge in [0.05, 0.1) is 23.0 Å². The Bertz CT molecular complexity index is 927. The van der Waals surface area contributed by atoms with Gasteiger partial charge in [-0.2, -0.15) is 0 Å². The van der Waals surface area contributed by atoms with Crippen LogP contribution in [0.4, 0.5) is 5.69 Å². The molecule has 0 aliphatic rings. The number of benzene rings is 2. The molecule has 2 aromatic carbocycles. The highest BCUT2D eigenvalue weighted by atomic mass is 32.2. The fourth-order valence-electron chi connectivity index (χ4n) is 2.45. The van der Waals surface area contributed by atoms with Crippen molar-refractivity contribution in [3.05, 3.63) is 57.6 Å². The number of nitrogens with zero attached hydrogens (tertiary/aromatic N) is 1. The van der Waals surface area contributed by atoms with Crippen molar-refractivity contribution in [2.75, 3.05) is 13.2 Å². The lowest BCUT2D eigenvalue weighted by Crippen LogP contribution is -2.24. The molecule has 0 fully saturated rings. The van der Waals surface area contributed by atoms with Crippen LogP contribution < -0.4 is 14.2 Å². The summed E-state index contributed by atoms with van der Waals surface area (Å²) in [5.74, 6) is 1.11. The van der Waals surface area contributed by atoms with E-state index in [0.29, 0.717) is 35.8 Å². The van der Waals surface area contributed by atoms with E-state index in [9.17, 15) is 18.5 Å². The molecule has 0 amide bonds. The van der Waals surface area contributed by atoms with Crippen LogP contribution in [0, 0.1) is 17.0 Å². The summed E-state index contributed by atoms with van der Waals surface area (Å²) in [6.07, 6.45) is 0. The number of aryl methyl sites for hydroxylation is 1. The Balaban J connectivity index is 2.24. The summed E-state index contributed by atoms with van der Waals surface area (Å²) in [6, 6.07) is 8.90. The Kier molecular flexibility index (Phi) is 6.75. The molecule has 0 unspecified atom stereocenters. The van der Waals surface area contributed by atoms with E-state index < -0.39 is 14.9 Å². The highest BCUT2D eigenvalue weighted by Crippen LogP contribution is 2.29. The van der Waals surface area contributed by atoms with Crippen LogP contribution in [0.15, 0.2) is 41.3 Å². The van der Waals surface area contributed by atoms with Gasteiger partial charge in [0.25, 0.3) is 5.69 Å². The second-order valence-electron chi connectivity index (χ2n) is 5.68. The molecule has 0 heterocycles. The van der Waals surface area contributed by atoms with Gasteiger partial charge < -0.3 is 9.47 Å². The minimum atomic E-state index is -3.92. The van der Waals surface area contributed by atoms with Crippen LogP contribution in [0.3, 0.4) is 0 Å². The summed E-state index contributed by atoms with van der Waals surface area (Å²) in [5, 5.41) is 10.9. The number of nitro groups is 1. The molecule has 0 saturated heterocycles. The van der Waals surface area contributed by atoms with Gasteiger partial charge in [-0.3, -0.25) is 10.1 Å². The molecule has 1 N–H and O–H groups in total. The van der Waals surface area contributed by atoms with Gasteiger partial charge in [0.15, 0.2) is 11.5 Å². The molecule has 2 rings (SSSR count). The maximum Gasteiger partial charge on any atom is 0.270 e. The average Bonchev–Trinajstić information content (AvgIpc) is 2.62. The molecular weight excluding hydrogens is 372 g/mol. The van der Waals surface area contributed by atoms with Crippen LogP contribution in [0.1, 0.15) is 25.0 Å². The van der Waals surface area contributed by atoms with Crippen molar-refractivity contribution in [2.24, 2.45) is 0 Å². The van der Waals surface area contributed by atoms with E-state index in [1.165, 1.54) is 12.1 Å². The first kappa shape index (κ1) is 20.7. The first-order valence-electron chi connectivity index (χ1n) is 8.41. The molecule has 0 spiro atoms. The Morgan fingerprint density at radius 1 is 1.04 bits per heavy atom. The molecule has 0 atom stereocenters. The molecule has 2 aromatic rings. The van der Waals surface area contributed by atoms with E-state index in [1.807, 2.05) is 13.8 Å². The van der Waals surface area contributed by atoms with Crippen LogP contribution in [0.2, 0.25) is 0 Å². The molecule has 8 nitrogen and oxygen atoms in total. The van der Waals surface area contributed by atoms with Crippen LogP contribution in [-0.4, -0.2) is 26.6 Å². The SMILES string of the molecule is CCOc1ccc(CNS(=O)(=O)c2cc([N+](=O)[O-])ccc2C)cc1OCC. The smallest absolute Gasteiger partial charge is 0.270 e. The van der Waals surface area contributed by atoms with Gasteiger partial charge in [0.2, 0.25) is 10.0 Å². The largest absolute Gasteiger partial charge is 0.490 e. The molecule has 0 aliphatic carbocycles. The van der Waals surface area contributed by atoms with Gasteiger partial charge >= 0.3 is 0 Å². The van der Waals surface area contributed by atoms with E-state index in [0.717, 1.165) is 6.07 Å². The van der Waals surface area contributed by atoms with Gasteiger partial charge in [0.1, 0.15) is 0 Å². The lowest BCUT2D eigenvalue weighted by Gasteiger charge is -2.13. The average molecular weight is 394 g/mol. The van der Waals surface area contributed by atoms with Crippen LogP contribution in [0.25, 0.3) is 0 Å². The van der Waals surface area contributed by atoms with Crippen molar-refractivity contribution in [3.8, 4) is 11.5 Å². The first-order chi connectivity index (χ1) is 12.8.